The van der Waals surface area contributed by atoms with Gasteiger partial charge in [0.25, 0.3) is 0 Å². The molecule has 4 nitrogen and oxygen atoms in total. The van der Waals surface area contributed by atoms with E-state index in [1.807, 2.05) is 0 Å². The molecule has 0 N–H and O–H groups in total. The molecular weight excluding hydrogens is 304 g/mol. The maximum absolute atomic E-state index is 13.6. The van der Waals surface area contributed by atoms with E-state index in [0.717, 1.165) is 6.07 Å². The van der Waals surface area contributed by atoms with E-state index in [1.165, 1.54) is 0 Å². The molecule has 1 aromatic carbocycles. The van der Waals surface area contributed by atoms with Gasteiger partial charge in [0.15, 0.2) is 17.3 Å². The van der Waals surface area contributed by atoms with Crippen LogP contribution in [-0.4, -0.2) is 19.7 Å². The summed E-state index contributed by atoms with van der Waals surface area (Å²) < 4.78 is 75.5. The number of fused-ring (bicyclic) bond motifs is 1. The molecule has 0 aromatic heterocycles. The second-order valence-electron chi connectivity index (χ2n) is 4.20. The van der Waals surface area contributed by atoms with Crippen LogP contribution in [0.15, 0.2) is 12.1 Å². The Balaban J connectivity index is 2.43. The average molecular weight is 312 g/mol. The summed E-state index contributed by atoms with van der Waals surface area (Å²) in [5.74, 6) is -2.72. The number of Topliss-reactive ketones (excluding diaryl/α,β-unsaturated/α-hetero) is 1. The van der Waals surface area contributed by atoms with Crippen LogP contribution in [-0.2, 0) is 16.5 Å². The van der Waals surface area contributed by atoms with Crippen LogP contribution in [0.25, 0.3) is 0 Å². The Kier molecular flexibility index (Phi) is 3.49. The van der Waals surface area contributed by atoms with Gasteiger partial charge < -0.3 is 4.18 Å². The molecule has 0 saturated carbocycles. The molecule has 20 heavy (non-hydrogen) atoms. The fraction of sp³-hybridized carbons (Fsp3) is 0.364. The lowest BCUT2D eigenvalue weighted by atomic mass is 9.90. The minimum absolute atomic E-state index is 0.0468. The van der Waals surface area contributed by atoms with Gasteiger partial charge in [0, 0.05) is 12.0 Å². The van der Waals surface area contributed by atoms with Crippen molar-refractivity contribution in [3.63, 3.8) is 0 Å². The van der Waals surface area contributed by atoms with Crippen LogP contribution in [0.3, 0.4) is 0 Å². The summed E-state index contributed by atoms with van der Waals surface area (Å²) in [7, 11) is -5.94. The van der Waals surface area contributed by atoms with E-state index in [2.05, 4.69) is 4.18 Å². The number of alkyl halides is 3. The van der Waals surface area contributed by atoms with Gasteiger partial charge in [-0.05, 0) is 30.5 Å². The molecule has 0 aliphatic heterocycles. The van der Waals surface area contributed by atoms with Crippen molar-refractivity contribution in [2.75, 3.05) is 0 Å². The van der Waals surface area contributed by atoms with Crippen LogP contribution < -0.4 is 4.18 Å². The molecule has 0 atom stereocenters. The Morgan fingerprint density at radius 3 is 2.40 bits per heavy atom. The zero-order valence-electron chi connectivity index (χ0n) is 9.83. The topological polar surface area (TPSA) is 60.4 Å². The second-order valence-corrected chi connectivity index (χ2v) is 5.74. The number of rotatable bonds is 2. The van der Waals surface area contributed by atoms with Crippen LogP contribution in [0, 0.1) is 5.82 Å². The first kappa shape index (κ1) is 14.8. The molecule has 110 valence electrons. The quantitative estimate of drug-likeness (QED) is 0.478. The molecule has 0 radical (unpaired) electrons. The fourth-order valence-corrected chi connectivity index (χ4v) is 2.32. The third-order valence-electron chi connectivity index (χ3n) is 2.79. The predicted molar refractivity (Wildman–Crippen MR) is 59.3 cm³/mol. The molecule has 1 aliphatic rings. The Morgan fingerprint density at radius 2 is 1.80 bits per heavy atom. The van der Waals surface area contributed by atoms with E-state index in [0.29, 0.717) is 18.9 Å². The highest BCUT2D eigenvalue weighted by Crippen LogP contribution is 2.32. The first-order valence-corrected chi connectivity index (χ1v) is 6.89. The first-order chi connectivity index (χ1) is 9.12. The summed E-state index contributed by atoms with van der Waals surface area (Å²) in [5, 5.41) is 0. The van der Waals surface area contributed by atoms with E-state index in [4.69, 9.17) is 0 Å². The van der Waals surface area contributed by atoms with Gasteiger partial charge >= 0.3 is 15.6 Å². The highest BCUT2D eigenvalue weighted by atomic mass is 32.2. The third kappa shape index (κ3) is 2.62. The third-order valence-corrected chi connectivity index (χ3v) is 3.76. The van der Waals surface area contributed by atoms with E-state index >= 15 is 0 Å². The molecule has 0 saturated heterocycles. The predicted octanol–water partition coefficient (Wildman–Crippen LogP) is 2.57. The normalized spacial score (nSPS) is 15.9. The van der Waals surface area contributed by atoms with Gasteiger partial charge in [0.05, 0.1) is 0 Å². The van der Waals surface area contributed by atoms with Gasteiger partial charge in [0.2, 0.25) is 0 Å². The smallest absolute Gasteiger partial charge is 0.373 e. The number of hydrogen-bond acceptors (Lipinski definition) is 4. The Morgan fingerprint density at radius 1 is 1.15 bits per heavy atom. The Labute approximate surface area is 111 Å². The van der Waals surface area contributed by atoms with Gasteiger partial charge in [0.1, 0.15) is 0 Å². The zero-order chi connectivity index (χ0) is 15.1. The summed E-state index contributed by atoms with van der Waals surface area (Å²) in [6.45, 7) is 0. The zero-order valence-corrected chi connectivity index (χ0v) is 10.6. The van der Waals surface area contributed by atoms with Crippen molar-refractivity contribution in [2.24, 2.45) is 0 Å². The van der Waals surface area contributed by atoms with Gasteiger partial charge in [-0.15, -0.1) is 0 Å². The number of halogens is 4. The van der Waals surface area contributed by atoms with E-state index < -0.39 is 27.2 Å². The van der Waals surface area contributed by atoms with E-state index in [1.54, 1.807) is 0 Å². The maximum atomic E-state index is 13.6. The van der Waals surface area contributed by atoms with Crippen LogP contribution in [0.2, 0.25) is 0 Å². The molecule has 9 heteroatoms. The van der Waals surface area contributed by atoms with Crippen molar-refractivity contribution >= 4 is 15.9 Å². The lowest BCUT2D eigenvalue weighted by molar-refractivity contribution is -0.0501. The number of ketones is 1. The molecule has 0 heterocycles. The summed E-state index contributed by atoms with van der Waals surface area (Å²) in [5.41, 5.74) is -5.33. The first-order valence-electron chi connectivity index (χ1n) is 5.48. The van der Waals surface area contributed by atoms with Crippen LogP contribution in [0.5, 0.6) is 5.75 Å². The van der Waals surface area contributed by atoms with Crippen molar-refractivity contribution in [3.8, 4) is 5.75 Å². The van der Waals surface area contributed by atoms with Crippen LogP contribution >= 0.6 is 0 Å². The summed E-state index contributed by atoms with van der Waals surface area (Å²) in [6.07, 6.45) is 1.01. The molecule has 2 rings (SSSR count). The van der Waals surface area contributed by atoms with Crippen LogP contribution in [0.1, 0.15) is 28.8 Å². The maximum Gasteiger partial charge on any atom is 0.534 e. The summed E-state index contributed by atoms with van der Waals surface area (Å²) in [6, 6.07) is 1.53. The monoisotopic (exact) mass is 312 g/mol. The van der Waals surface area contributed by atoms with Crippen molar-refractivity contribution < 1.29 is 35.0 Å². The number of aryl methyl sites for hydroxylation is 1. The molecule has 0 spiro atoms. The molecule has 0 fully saturated rings. The van der Waals surface area contributed by atoms with Crippen molar-refractivity contribution in [3.05, 3.63) is 29.1 Å². The molecule has 1 aliphatic carbocycles. The van der Waals surface area contributed by atoms with E-state index in [9.17, 15) is 30.8 Å². The number of benzene rings is 1. The van der Waals surface area contributed by atoms with Gasteiger partial charge in [-0.1, -0.05) is 0 Å². The van der Waals surface area contributed by atoms with Crippen LogP contribution in [0.4, 0.5) is 17.6 Å². The number of carbonyl (C=O) groups excluding carboxylic acids is 1. The summed E-state index contributed by atoms with van der Waals surface area (Å²) in [4.78, 5) is 11.5. The minimum atomic E-state index is -5.94. The van der Waals surface area contributed by atoms with Gasteiger partial charge in [-0.3, -0.25) is 4.79 Å². The standard InChI is InChI=1S/C11H8F4O4S/c12-8-5-7-6(2-1-3-9(7)16)4-10(8)19-20(17,18)11(13,14)15/h4-5H,1-3H2. The number of carbonyl (C=O) groups is 1. The molecule has 0 bridgehead atoms. The highest BCUT2D eigenvalue weighted by Gasteiger charge is 2.49. The van der Waals surface area contributed by atoms with Gasteiger partial charge in [-0.2, -0.15) is 21.6 Å². The average Bonchev–Trinajstić information content (AvgIpc) is 2.30. The highest BCUT2D eigenvalue weighted by molar-refractivity contribution is 7.88. The lowest BCUT2D eigenvalue weighted by Gasteiger charge is -2.17. The fourth-order valence-electron chi connectivity index (χ4n) is 1.87. The van der Waals surface area contributed by atoms with Crippen molar-refractivity contribution in [1.29, 1.82) is 0 Å². The minimum Gasteiger partial charge on any atom is -0.373 e. The lowest BCUT2D eigenvalue weighted by Crippen LogP contribution is -2.28. The van der Waals surface area contributed by atoms with Gasteiger partial charge in [-0.25, -0.2) is 4.39 Å². The summed E-state index contributed by atoms with van der Waals surface area (Å²) >= 11 is 0. The number of hydrogen-bond donors (Lipinski definition) is 0. The largest absolute Gasteiger partial charge is 0.534 e. The SMILES string of the molecule is O=C1CCCc2cc(OS(=O)(=O)C(F)(F)F)c(F)cc21. The Bertz CT molecular complexity index is 664. The molecule has 1 aromatic rings. The van der Waals surface area contributed by atoms with E-state index in [-0.39, 0.29) is 23.3 Å². The van der Waals surface area contributed by atoms with Crippen molar-refractivity contribution in [1.82, 2.24) is 0 Å². The Hall–Kier alpha value is -1.64. The van der Waals surface area contributed by atoms with Crippen molar-refractivity contribution in [2.45, 2.75) is 24.8 Å². The second kappa shape index (κ2) is 4.72. The molecular formula is C11H8F4O4S. The molecule has 0 unspecified atom stereocenters. The molecule has 0 amide bonds.